The maximum atomic E-state index is 12.0. The Kier molecular flexibility index (Phi) is 4.25. The van der Waals surface area contributed by atoms with E-state index in [4.69, 9.17) is 0 Å². The van der Waals surface area contributed by atoms with Crippen molar-refractivity contribution in [1.82, 2.24) is 15.5 Å². The molecule has 0 bridgehead atoms. The van der Waals surface area contributed by atoms with Gasteiger partial charge in [-0.25, -0.2) is 0 Å². The van der Waals surface area contributed by atoms with Crippen molar-refractivity contribution in [2.24, 2.45) is 0 Å². The molecule has 2 rings (SSSR count). The van der Waals surface area contributed by atoms with Crippen LogP contribution in [0.2, 0.25) is 0 Å². The van der Waals surface area contributed by atoms with E-state index in [2.05, 4.69) is 29.6 Å². The Hall–Kier alpha value is -0.650. The molecule has 3 N–H and O–H groups in total. The van der Waals surface area contributed by atoms with Gasteiger partial charge in [0, 0.05) is 18.6 Å². The van der Waals surface area contributed by atoms with Crippen LogP contribution in [0.1, 0.15) is 32.1 Å². The van der Waals surface area contributed by atoms with E-state index >= 15 is 0 Å². The van der Waals surface area contributed by atoms with Crippen molar-refractivity contribution in [2.45, 2.75) is 49.8 Å². The van der Waals surface area contributed by atoms with Crippen LogP contribution in [0.5, 0.6) is 0 Å². The lowest BCUT2D eigenvalue weighted by Crippen LogP contribution is -2.53. The third kappa shape index (κ3) is 2.84. The minimum absolute atomic E-state index is 0.0275. The third-order valence-electron chi connectivity index (χ3n) is 4.50. The monoisotopic (exact) mass is 255 g/mol. The van der Waals surface area contributed by atoms with E-state index < -0.39 is 0 Å². The number of nitrogens with one attached hydrogen (secondary N) is 2. The molecule has 0 aromatic heterocycles. The largest absolute Gasteiger partial charge is 0.392 e. The summed E-state index contributed by atoms with van der Waals surface area (Å²) in [5.74, 6) is 0.0275. The number of hydrogen-bond donors (Lipinski definition) is 3. The van der Waals surface area contributed by atoms with Gasteiger partial charge >= 0.3 is 0 Å². The molecule has 1 saturated heterocycles. The molecule has 0 aromatic carbocycles. The number of likely N-dealkylation sites (N-methyl/N-ethyl adjacent to an activating group) is 1. The molecule has 1 heterocycles. The van der Waals surface area contributed by atoms with Gasteiger partial charge in [-0.1, -0.05) is 12.8 Å². The van der Waals surface area contributed by atoms with Crippen molar-refractivity contribution in [3.63, 3.8) is 0 Å². The molecule has 1 aliphatic carbocycles. The zero-order valence-electron chi connectivity index (χ0n) is 11.4. The lowest BCUT2D eigenvalue weighted by molar-refractivity contribution is -0.123. The Labute approximate surface area is 109 Å². The third-order valence-corrected chi connectivity index (χ3v) is 4.50. The highest BCUT2D eigenvalue weighted by atomic mass is 16.3. The fourth-order valence-corrected chi connectivity index (χ4v) is 3.11. The van der Waals surface area contributed by atoms with Crippen molar-refractivity contribution >= 4 is 5.91 Å². The molecule has 18 heavy (non-hydrogen) atoms. The zero-order valence-corrected chi connectivity index (χ0v) is 11.4. The van der Waals surface area contributed by atoms with E-state index in [1.54, 1.807) is 0 Å². The van der Waals surface area contributed by atoms with E-state index in [1.807, 2.05) is 0 Å². The second kappa shape index (κ2) is 5.55. The van der Waals surface area contributed by atoms with Crippen LogP contribution in [0.15, 0.2) is 0 Å². The fraction of sp³-hybridized carbons (Fsp3) is 0.923. The number of rotatable bonds is 4. The predicted molar refractivity (Wildman–Crippen MR) is 70.3 cm³/mol. The highest BCUT2D eigenvalue weighted by Crippen LogP contribution is 2.33. The first kappa shape index (κ1) is 13.8. The fourth-order valence-electron chi connectivity index (χ4n) is 3.11. The smallest absolute Gasteiger partial charge is 0.237 e. The van der Waals surface area contributed by atoms with Crippen LogP contribution in [0.25, 0.3) is 0 Å². The zero-order chi connectivity index (χ0) is 13.2. The number of amides is 1. The standard InChI is InChI=1S/C13H25N3O2/c1-16(2)13(5-3-4-6-13)9-15-12(18)11-7-10(17)8-14-11/h10-11,14,17H,3-9H2,1-2H3,(H,15,18). The molecule has 0 spiro atoms. The number of aliphatic hydroxyl groups excluding tert-OH is 1. The van der Waals surface area contributed by atoms with E-state index in [0.29, 0.717) is 19.5 Å². The lowest BCUT2D eigenvalue weighted by atomic mass is 9.96. The number of hydrogen-bond acceptors (Lipinski definition) is 4. The first-order valence-electron chi connectivity index (χ1n) is 6.90. The van der Waals surface area contributed by atoms with Crippen LogP contribution < -0.4 is 10.6 Å². The molecule has 5 nitrogen and oxygen atoms in total. The van der Waals surface area contributed by atoms with Crippen molar-refractivity contribution in [2.75, 3.05) is 27.2 Å². The Balaban J connectivity index is 1.84. The van der Waals surface area contributed by atoms with Crippen molar-refractivity contribution < 1.29 is 9.90 Å². The molecule has 1 aliphatic heterocycles. The van der Waals surface area contributed by atoms with Gasteiger partial charge < -0.3 is 20.6 Å². The average Bonchev–Trinajstić information content (AvgIpc) is 2.95. The minimum Gasteiger partial charge on any atom is -0.392 e. The summed E-state index contributed by atoms with van der Waals surface area (Å²) >= 11 is 0. The van der Waals surface area contributed by atoms with Crippen molar-refractivity contribution in [3.05, 3.63) is 0 Å². The molecule has 104 valence electrons. The van der Waals surface area contributed by atoms with E-state index in [1.165, 1.54) is 12.8 Å². The summed E-state index contributed by atoms with van der Waals surface area (Å²) < 4.78 is 0. The number of carbonyl (C=O) groups excluding carboxylic acids is 1. The van der Waals surface area contributed by atoms with Gasteiger partial charge in [0.25, 0.3) is 0 Å². The first-order valence-corrected chi connectivity index (χ1v) is 6.90. The molecule has 1 saturated carbocycles. The number of aliphatic hydroxyl groups is 1. The molecule has 2 fully saturated rings. The summed E-state index contributed by atoms with van der Waals surface area (Å²) in [6, 6.07) is -0.222. The maximum absolute atomic E-state index is 12.0. The average molecular weight is 255 g/mol. The second-order valence-corrected chi connectivity index (χ2v) is 5.89. The van der Waals surface area contributed by atoms with Crippen LogP contribution >= 0.6 is 0 Å². The Morgan fingerprint density at radius 2 is 2.11 bits per heavy atom. The van der Waals surface area contributed by atoms with Crippen LogP contribution in [0.3, 0.4) is 0 Å². The first-order chi connectivity index (χ1) is 8.53. The van der Waals surface area contributed by atoms with Crippen LogP contribution in [-0.4, -0.2) is 60.8 Å². The van der Waals surface area contributed by atoms with Gasteiger partial charge in [-0.05, 0) is 33.4 Å². The molecule has 0 aromatic rings. The number of carbonyl (C=O) groups is 1. The van der Waals surface area contributed by atoms with Crippen LogP contribution in [0, 0.1) is 0 Å². The van der Waals surface area contributed by atoms with Gasteiger partial charge in [-0.3, -0.25) is 4.79 Å². The van der Waals surface area contributed by atoms with Crippen LogP contribution in [0.4, 0.5) is 0 Å². The quantitative estimate of drug-likeness (QED) is 0.645. The second-order valence-electron chi connectivity index (χ2n) is 5.89. The highest BCUT2D eigenvalue weighted by molar-refractivity contribution is 5.82. The molecule has 2 atom stereocenters. The van der Waals surface area contributed by atoms with E-state index in [9.17, 15) is 9.90 Å². The predicted octanol–water partition coefficient (Wildman–Crippen LogP) is -0.300. The summed E-state index contributed by atoms with van der Waals surface area (Å²) in [7, 11) is 4.18. The van der Waals surface area contributed by atoms with E-state index in [-0.39, 0.29) is 23.6 Å². The molecule has 2 aliphatic rings. The van der Waals surface area contributed by atoms with Gasteiger partial charge in [0.1, 0.15) is 0 Å². The lowest BCUT2D eigenvalue weighted by Gasteiger charge is -2.36. The summed E-state index contributed by atoms with van der Waals surface area (Å²) in [5.41, 5.74) is 0.132. The molecular formula is C13H25N3O2. The number of β-amino-alcohol motifs (C(OH)–C–C–N with tert-alkyl or cyclic N) is 1. The molecule has 5 heteroatoms. The highest BCUT2D eigenvalue weighted by Gasteiger charge is 2.37. The van der Waals surface area contributed by atoms with E-state index in [0.717, 1.165) is 12.8 Å². The molecule has 2 unspecified atom stereocenters. The summed E-state index contributed by atoms with van der Waals surface area (Å²) in [6.07, 6.45) is 4.95. The van der Waals surface area contributed by atoms with Crippen molar-refractivity contribution in [1.29, 1.82) is 0 Å². The summed E-state index contributed by atoms with van der Waals surface area (Å²) in [5, 5.41) is 15.5. The van der Waals surface area contributed by atoms with Gasteiger partial charge in [-0.15, -0.1) is 0 Å². The topological polar surface area (TPSA) is 64.6 Å². The van der Waals surface area contributed by atoms with Gasteiger partial charge in [0.05, 0.1) is 12.1 Å². The Morgan fingerprint density at radius 3 is 2.61 bits per heavy atom. The molecule has 1 amide bonds. The maximum Gasteiger partial charge on any atom is 0.237 e. The van der Waals surface area contributed by atoms with Gasteiger partial charge in [0.2, 0.25) is 5.91 Å². The minimum atomic E-state index is -0.380. The SMILES string of the molecule is CN(C)C1(CNC(=O)C2CC(O)CN2)CCCC1. The molecule has 0 radical (unpaired) electrons. The summed E-state index contributed by atoms with van der Waals surface area (Å²) in [6.45, 7) is 1.24. The van der Waals surface area contributed by atoms with Gasteiger partial charge in [-0.2, -0.15) is 0 Å². The Morgan fingerprint density at radius 1 is 1.44 bits per heavy atom. The van der Waals surface area contributed by atoms with Gasteiger partial charge in [0.15, 0.2) is 0 Å². The number of nitrogens with zero attached hydrogens (tertiary/aromatic N) is 1. The molecular weight excluding hydrogens is 230 g/mol. The summed E-state index contributed by atoms with van der Waals surface area (Å²) in [4.78, 5) is 14.3. The van der Waals surface area contributed by atoms with Crippen molar-refractivity contribution in [3.8, 4) is 0 Å². The Bertz CT molecular complexity index is 301. The van der Waals surface area contributed by atoms with Crippen LogP contribution in [-0.2, 0) is 4.79 Å². The normalized spacial score (nSPS) is 30.9.